The summed E-state index contributed by atoms with van der Waals surface area (Å²) in [5.74, 6) is -0.777. The monoisotopic (exact) mass is 541 g/mol. The van der Waals surface area contributed by atoms with Gasteiger partial charge >= 0.3 is 12.1 Å². The highest BCUT2D eigenvalue weighted by Crippen LogP contribution is 2.35. The number of nitrogens with zero attached hydrogens (tertiary/aromatic N) is 1. The molecule has 2 N–H and O–H groups in total. The summed E-state index contributed by atoms with van der Waals surface area (Å²) in [6.45, 7) is 4.07. The van der Waals surface area contributed by atoms with Gasteiger partial charge in [0, 0.05) is 17.8 Å². The molecule has 3 aromatic rings. The smallest absolute Gasteiger partial charge is 0.418 e. The van der Waals surface area contributed by atoms with Gasteiger partial charge in [-0.2, -0.15) is 13.2 Å². The Hall–Kier alpha value is -3.92. The molecule has 0 spiro atoms. The Morgan fingerprint density at radius 3 is 2.29 bits per heavy atom. The van der Waals surface area contributed by atoms with Crippen LogP contribution in [0, 0.1) is 5.92 Å². The highest BCUT2D eigenvalue weighted by Gasteiger charge is 2.39. The van der Waals surface area contributed by atoms with E-state index in [1.165, 1.54) is 25.3 Å². The van der Waals surface area contributed by atoms with Gasteiger partial charge in [0.15, 0.2) is 5.11 Å². The molecule has 0 bridgehead atoms. The molecule has 1 aliphatic rings. The number of ether oxygens (including phenoxy) is 1. The number of nitrogens with one attached hydrogen (secondary N) is 2. The number of anilines is 2. The molecule has 1 heterocycles. The Morgan fingerprint density at radius 1 is 1.00 bits per heavy atom. The number of amides is 1. The van der Waals surface area contributed by atoms with Crippen LogP contribution in [0.5, 0.6) is 0 Å². The van der Waals surface area contributed by atoms with Crippen molar-refractivity contribution in [3.8, 4) is 11.1 Å². The lowest BCUT2D eigenvalue weighted by molar-refractivity contribution is -0.147. The van der Waals surface area contributed by atoms with Crippen LogP contribution in [0.1, 0.15) is 35.3 Å². The number of esters is 1. The Labute approximate surface area is 223 Å². The zero-order valence-electron chi connectivity index (χ0n) is 20.9. The fourth-order valence-electron chi connectivity index (χ4n) is 4.48. The molecule has 198 valence electrons. The van der Waals surface area contributed by atoms with Gasteiger partial charge in [0.1, 0.15) is 6.04 Å². The topological polar surface area (TPSA) is 70.7 Å². The Balaban J connectivity index is 1.47. The second-order valence-electron chi connectivity index (χ2n) is 9.22. The quantitative estimate of drug-likeness (QED) is 0.281. The standard InChI is InChI=1S/C28H26F3N3O3S/c1-16(2)24(26(36)37-3)34-15-19-9-8-18(14-21(19)25(34)35)17-10-12-20(13-11-17)32-27(38)33-23-7-5-4-6-22(23)28(29,30)31/h4-14,16,24H,15H2,1-3H3,(H2,32,33,38)/t24-/m0/s1. The van der Waals surface area contributed by atoms with Gasteiger partial charge in [-0.05, 0) is 65.2 Å². The van der Waals surface area contributed by atoms with E-state index in [4.69, 9.17) is 17.0 Å². The maximum absolute atomic E-state index is 13.2. The zero-order chi connectivity index (χ0) is 27.6. The highest BCUT2D eigenvalue weighted by molar-refractivity contribution is 7.80. The first-order valence-electron chi connectivity index (χ1n) is 11.9. The predicted molar refractivity (Wildman–Crippen MR) is 144 cm³/mol. The van der Waals surface area contributed by atoms with Gasteiger partial charge in [0.2, 0.25) is 0 Å². The molecule has 6 nitrogen and oxygen atoms in total. The summed E-state index contributed by atoms with van der Waals surface area (Å²) in [5, 5.41) is 5.51. The molecule has 4 rings (SSSR count). The first-order valence-corrected chi connectivity index (χ1v) is 12.3. The molecule has 3 aromatic carbocycles. The van der Waals surface area contributed by atoms with Gasteiger partial charge in [-0.1, -0.05) is 50.2 Å². The normalized spacial score (nSPS) is 13.8. The summed E-state index contributed by atoms with van der Waals surface area (Å²) >= 11 is 5.21. The van der Waals surface area contributed by atoms with E-state index in [1.54, 1.807) is 23.1 Å². The lowest BCUT2D eigenvalue weighted by atomic mass is 10.00. The van der Waals surface area contributed by atoms with Gasteiger partial charge in [-0.25, -0.2) is 4.79 Å². The van der Waals surface area contributed by atoms with E-state index in [0.717, 1.165) is 22.8 Å². The number of para-hydroxylation sites is 1. The molecular formula is C28H26F3N3O3S. The predicted octanol–water partition coefficient (Wildman–Crippen LogP) is 6.33. The van der Waals surface area contributed by atoms with E-state index in [1.807, 2.05) is 38.1 Å². The minimum Gasteiger partial charge on any atom is -0.467 e. The summed E-state index contributed by atoms with van der Waals surface area (Å²) < 4.78 is 44.6. The molecule has 1 atom stereocenters. The molecule has 0 aromatic heterocycles. The van der Waals surface area contributed by atoms with E-state index in [-0.39, 0.29) is 22.6 Å². The average molecular weight is 542 g/mol. The largest absolute Gasteiger partial charge is 0.467 e. The van der Waals surface area contributed by atoms with Crippen molar-refractivity contribution < 1.29 is 27.5 Å². The Morgan fingerprint density at radius 2 is 1.66 bits per heavy atom. The van der Waals surface area contributed by atoms with Crippen molar-refractivity contribution in [3.05, 3.63) is 83.4 Å². The van der Waals surface area contributed by atoms with Crippen LogP contribution in [-0.4, -0.2) is 35.0 Å². The number of benzene rings is 3. The summed E-state index contributed by atoms with van der Waals surface area (Å²) in [7, 11) is 1.31. The average Bonchev–Trinajstić information content (AvgIpc) is 3.19. The van der Waals surface area contributed by atoms with E-state index in [0.29, 0.717) is 17.8 Å². The second-order valence-corrected chi connectivity index (χ2v) is 9.63. The van der Waals surface area contributed by atoms with Gasteiger partial charge < -0.3 is 20.3 Å². The molecule has 0 unspecified atom stereocenters. The lowest BCUT2D eigenvalue weighted by Gasteiger charge is -2.28. The summed E-state index contributed by atoms with van der Waals surface area (Å²) in [4.78, 5) is 27.0. The number of hydrogen-bond donors (Lipinski definition) is 2. The second kappa shape index (κ2) is 10.8. The van der Waals surface area contributed by atoms with Crippen LogP contribution in [0.4, 0.5) is 24.5 Å². The minimum absolute atomic E-state index is 0.0166. The van der Waals surface area contributed by atoms with E-state index in [9.17, 15) is 22.8 Å². The number of alkyl halides is 3. The molecular weight excluding hydrogens is 515 g/mol. The summed E-state index contributed by atoms with van der Waals surface area (Å²) in [6.07, 6.45) is -4.51. The molecule has 1 amide bonds. The summed E-state index contributed by atoms with van der Waals surface area (Å²) in [6, 6.07) is 17.1. The molecule has 10 heteroatoms. The van der Waals surface area contributed by atoms with Crippen molar-refractivity contribution in [2.45, 2.75) is 32.6 Å². The molecule has 0 aliphatic carbocycles. The van der Waals surface area contributed by atoms with E-state index in [2.05, 4.69) is 10.6 Å². The van der Waals surface area contributed by atoms with Gasteiger partial charge in [0.25, 0.3) is 5.91 Å². The van der Waals surface area contributed by atoms with Gasteiger partial charge in [-0.15, -0.1) is 0 Å². The highest BCUT2D eigenvalue weighted by atomic mass is 32.1. The van der Waals surface area contributed by atoms with Crippen molar-refractivity contribution in [2.24, 2.45) is 5.92 Å². The number of rotatable bonds is 6. The maximum Gasteiger partial charge on any atom is 0.418 e. The first-order chi connectivity index (χ1) is 18.0. The van der Waals surface area contributed by atoms with Crippen LogP contribution in [0.3, 0.4) is 0 Å². The minimum atomic E-state index is -4.51. The number of methoxy groups -OCH3 is 1. The number of thiocarbonyl (C=S) groups is 1. The molecule has 0 saturated heterocycles. The molecule has 0 radical (unpaired) electrons. The Bertz CT molecular complexity index is 1370. The number of halogens is 3. The SMILES string of the molecule is COC(=O)[C@H](C(C)C)N1Cc2ccc(-c3ccc(NC(=S)Nc4ccccc4C(F)(F)F)cc3)cc2C1=O. The van der Waals surface area contributed by atoms with Crippen LogP contribution >= 0.6 is 12.2 Å². The van der Waals surface area contributed by atoms with Crippen LogP contribution in [-0.2, 0) is 22.3 Å². The fraction of sp³-hybridized carbons (Fsp3) is 0.250. The number of carbonyl (C=O) groups excluding carboxylic acids is 2. The Kier molecular flexibility index (Phi) is 7.73. The van der Waals surface area contributed by atoms with Gasteiger partial charge in [0.05, 0.1) is 18.4 Å². The third-order valence-electron chi connectivity index (χ3n) is 6.31. The van der Waals surface area contributed by atoms with Crippen molar-refractivity contribution in [1.82, 2.24) is 4.90 Å². The van der Waals surface area contributed by atoms with Crippen molar-refractivity contribution >= 4 is 40.6 Å². The van der Waals surface area contributed by atoms with Crippen LogP contribution < -0.4 is 10.6 Å². The number of fused-ring (bicyclic) bond motifs is 1. The number of hydrogen-bond acceptors (Lipinski definition) is 4. The summed E-state index contributed by atoms with van der Waals surface area (Å²) in [5.41, 5.74) is 2.64. The van der Waals surface area contributed by atoms with Crippen LogP contribution in [0.25, 0.3) is 11.1 Å². The fourth-order valence-corrected chi connectivity index (χ4v) is 4.71. The van der Waals surface area contributed by atoms with Crippen molar-refractivity contribution in [2.75, 3.05) is 17.7 Å². The third kappa shape index (κ3) is 5.65. The number of carbonyl (C=O) groups is 2. The van der Waals surface area contributed by atoms with Crippen molar-refractivity contribution in [1.29, 1.82) is 0 Å². The van der Waals surface area contributed by atoms with Crippen LogP contribution in [0.15, 0.2) is 66.7 Å². The van der Waals surface area contributed by atoms with E-state index >= 15 is 0 Å². The lowest BCUT2D eigenvalue weighted by Crippen LogP contribution is -2.45. The van der Waals surface area contributed by atoms with Crippen LogP contribution in [0.2, 0.25) is 0 Å². The maximum atomic E-state index is 13.2. The molecule has 0 saturated carbocycles. The van der Waals surface area contributed by atoms with E-state index < -0.39 is 23.8 Å². The van der Waals surface area contributed by atoms with Gasteiger partial charge in [-0.3, -0.25) is 4.79 Å². The third-order valence-corrected chi connectivity index (χ3v) is 6.51. The molecule has 38 heavy (non-hydrogen) atoms. The first kappa shape index (κ1) is 27.1. The zero-order valence-corrected chi connectivity index (χ0v) is 21.7. The van der Waals surface area contributed by atoms with Crippen molar-refractivity contribution in [3.63, 3.8) is 0 Å². The molecule has 0 fully saturated rings. The molecule has 1 aliphatic heterocycles.